The minimum absolute atomic E-state index is 0.0132. The Hall–Kier alpha value is -2.82. The van der Waals surface area contributed by atoms with E-state index >= 15 is 0 Å². The molecule has 0 aliphatic rings. The largest absolute Gasteiger partial charge is 0.481 e. The van der Waals surface area contributed by atoms with Crippen molar-refractivity contribution in [1.82, 2.24) is 14.9 Å². The zero-order chi connectivity index (χ0) is 15.1. The summed E-state index contributed by atoms with van der Waals surface area (Å²) in [6.45, 7) is 1.05. The lowest BCUT2D eigenvalue weighted by Gasteiger charge is -2.18. The lowest BCUT2D eigenvalue weighted by atomic mass is 10.4. The van der Waals surface area contributed by atoms with E-state index in [-0.39, 0.29) is 18.4 Å². The Labute approximate surface area is 115 Å². The Kier molecular flexibility index (Phi) is 5.29. The number of carbonyl (C=O) groups excluding carboxylic acids is 1. The maximum atomic E-state index is 11.9. The van der Waals surface area contributed by atoms with Crippen LogP contribution in [-0.4, -0.2) is 52.2 Å². The van der Waals surface area contributed by atoms with E-state index in [0.717, 1.165) is 4.90 Å². The van der Waals surface area contributed by atoms with Crippen molar-refractivity contribution >= 4 is 17.9 Å². The van der Waals surface area contributed by atoms with Gasteiger partial charge in [0.05, 0.1) is 13.7 Å². The second kappa shape index (κ2) is 6.94. The van der Waals surface area contributed by atoms with Crippen molar-refractivity contribution < 1.29 is 19.4 Å². The molecule has 2 N–H and O–H groups in total. The summed E-state index contributed by atoms with van der Waals surface area (Å²) in [4.78, 5) is 31.4. The third-order valence-corrected chi connectivity index (χ3v) is 2.15. The molecular weight excluding hydrogens is 264 g/mol. The number of aryl methyl sites for hydroxylation is 1. The van der Waals surface area contributed by atoms with E-state index in [4.69, 9.17) is 16.3 Å². The van der Waals surface area contributed by atoms with E-state index in [0.29, 0.717) is 5.69 Å². The number of ether oxygens (including phenoxy) is 1. The predicted octanol–water partition coefficient (Wildman–Crippen LogP) is 0.345. The minimum Gasteiger partial charge on any atom is -0.481 e. The summed E-state index contributed by atoms with van der Waals surface area (Å²) >= 11 is 0. The Morgan fingerprint density at radius 3 is 2.80 bits per heavy atom. The summed E-state index contributed by atoms with van der Waals surface area (Å²) < 4.78 is 4.95. The van der Waals surface area contributed by atoms with E-state index in [2.05, 4.69) is 21.2 Å². The fourth-order valence-corrected chi connectivity index (χ4v) is 1.35. The summed E-state index contributed by atoms with van der Waals surface area (Å²) in [5.74, 6) is 1.34. The fourth-order valence-electron chi connectivity index (χ4n) is 1.35. The summed E-state index contributed by atoms with van der Waals surface area (Å²) in [7, 11) is 1.43. The maximum absolute atomic E-state index is 11.9. The molecule has 1 rings (SSSR count). The molecule has 0 atom stereocenters. The van der Waals surface area contributed by atoms with Crippen molar-refractivity contribution in [3.05, 3.63) is 11.8 Å². The number of carbonyl (C=O) groups is 2. The van der Waals surface area contributed by atoms with Gasteiger partial charge in [-0.1, -0.05) is 5.92 Å². The third-order valence-electron chi connectivity index (χ3n) is 2.15. The molecule has 0 saturated carbocycles. The van der Waals surface area contributed by atoms with E-state index in [1.807, 2.05) is 0 Å². The second-order valence-electron chi connectivity index (χ2n) is 3.76. The summed E-state index contributed by atoms with van der Waals surface area (Å²) in [6.07, 6.45) is 5.09. The number of anilines is 1. The molecule has 0 unspecified atom stereocenters. The molecule has 8 heteroatoms. The smallest absolute Gasteiger partial charge is 0.325 e. The highest BCUT2D eigenvalue weighted by Crippen LogP contribution is 2.11. The average Bonchev–Trinajstić information content (AvgIpc) is 2.36. The first kappa shape index (κ1) is 15.2. The predicted molar refractivity (Wildman–Crippen MR) is 70.4 cm³/mol. The number of aromatic nitrogens is 2. The molecule has 0 bridgehead atoms. The topological polar surface area (TPSA) is 105 Å². The molecule has 20 heavy (non-hydrogen) atoms. The van der Waals surface area contributed by atoms with Gasteiger partial charge in [0, 0.05) is 11.8 Å². The van der Waals surface area contributed by atoms with Gasteiger partial charge in [-0.05, 0) is 6.92 Å². The monoisotopic (exact) mass is 278 g/mol. The molecule has 1 aromatic rings. The van der Waals surface area contributed by atoms with Crippen molar-refractivity contribution in [3.63, 3.8) is 0 Å². The van der Waals surface area contributed by atoms with Crippen LogP contribution in [0.15, 0.2) is 6.07 Å². The van der Waals surface area contributed by atoms with Crippen molar-refractivity contribution in [2.45, 2.75) is 6.92 Å². The van der Waals surface area contributed by atoms with Crippen LogP contribution in [0.1, 0.15) is 5.69 Å². The second-order valence-corrected chi connectivity index (χ2v) is 3.76. The number of nitrogens with zero attached hydrogens (tertiary/aromatic N) is 3. The van der Waals surface area contributed by atoms with Gasteiger partial charge in [-0.25, -0.2) is 9.78 Å². The first-order valence-electron chi connectivity index (χ1n) is 5.57. The highest BCUT2D eigenvalue weighted by atomic mass is 16.5. The molecule has 8 nitrogen and oxygen atoms in total. The molecule has 0 radical (unpaired) electrons. The number of amides is 2. The van der Waals surface area contributed by atoms with Crippen molar-refractivity contribution in [1.29, 1.82) is 0 Å². The molecule has 2 amide bonds. The number of rotatable bonds is 5. The van der Waals surface area contributed by atoms with Crippen LogP contribution < -0.4 is 10.1 Å². The molecular formula is C12H14N4O4. The van der Waals surface area contributed by atoms with Crippen LogP contribution in [0, 0.1) is 19.3 Å². The van der Waals surface area contributed by atoms with E-state index in [9.17, 15) is 9.59 Å². The first-order chi connectivity index (χ1) is 9.46. The van der Waals surface area contributed by atoms with Gasteiger partial charge in [-0.2, -0.15) is 4.98 Å². The van der Waals surface area contributed by atoms with Crippen LogP contribution in [0.25, 0.3) is 0 Å². The Bertz CT molecular complexity index is 553. The number of hydrogen-bond donors (Lipinski definition) is 2. The molecule has 0 aromatic carbocycles. The van der Waals surface area contributed by atoms with E-state index in [1.165, 1.54) is 7.11 Å². The number of carboxylic acids is 1. The number of nitrogens with one attached hydrogen (secondary N) is 1. The van der Waals surface area contributed by atoms with Crippen molar-refractivity contribution in [3.8, 4) is 18.2 Å². The van der Waals surface area contributed by atoms with Crippen molar-refractivity contribution in [2.24, 2.45) is 0 Å². The van der Waals surface area contributed by atoms with Crippen LogP contribution in [-0.2, 0) is 4.79 Å². The van der Waals surface area contributed by atoms with Crippen LogP contribution in [0.4, 0.5) is 10.7 Å². The van der Waals surface area contributed by atoms with E-state index < -0.39 is 18.5 Å². The van der Waals surface area contributed by atoms with Gasteiger partial charge >= 0.3 is 12.0 Å². The Morgan fingerprint density at radius 1 is 1.55 bits per heavy atom. The number of urea groups is 1. The lowest BCUT2D eigenvalue weighted by molar-refractivity contribution is -0.137. The van der Waals surface area contributed by atoms with Gasteiger partial charge < -0.3 is 14.7 Å². The Balaban J connectivity index is 2.84. The van der Waals surface area contributed by atoms with Crippen LogP contribution in [0.2, 0.25) is 0 Å². The normalized spacial score (nSPS) is 9.45. The molecule has 0 saturated heterocycles. The number of terminal acetylenes is 1. The van der Waals surface area contributed by atoms with Crippen LogP contribution in [0.3, 0.4) is 0 Å². The van der Waals surface area contributed by atoms with Crippen LogP contribution in [0.5, 0.6) is 5.88 Å². The average molecular weight is 278 g/mol. The SMILES string of the molecule is C#CCN(CC(=O)O)C(=O)Nc1nc(C)cc(OC)n1. The molecule has 1 heterocycles. The standard InChI is InChI=1S/C12H14N4O4/c1-4-5-16(7-10(17)18)12(19)15-11-13-8(2)6-9(14-11)20-3/h1,6H,5,7H2,2-3H3,(H,17,18)(H,13,14,15,19). The van der Waals surface area contributed by atoms with Gasteiger partial charge in [0.1, 0.15) is 6.54 Å². The van der Waals surface area contributed by atoms with Crippen LogP contribution >= 0.6 is 0 Å². The number of methoxy groups -OCH3 is 1. The maximum Gasteiger partial charge on any atom is 0.325 e. The van der Waals surface area contributed by atoms with Crippen molar-refractivity contribution in [2.75, 3.05) is 25.5 Å². The molecule has 106 valence electrons. The van der Waals surface area contributed by atoms with Gasteiger partial charge in [0.2, 0.25) is 11.8 Å². The first-order valence-corrected chi connectivity index (χ1v) is 5.57. The quantitative estimate of drug-likeness (QED) is 0.753. The van der Waals surface area contributed by atoms with E-state index in [1.54, 1.807) is 13.0 Å². The zero-order valence-electron chi connectivity index (χ0n) is 11.1. The summed E-state index contributed by atoms with van der Waals surface area (Å²) in [6, 6.07) is 0.893. The third kappa shape index (κ3) is 4.45. The van der Waals surface area contributed by atoms with Gasteiger partial charge in [-0.15, -0.1) is 6.42 Å². The molecule has 0 spiro atoms. The Morgan fingerprint density at radius 2 is 2.25 bits per heavy atom. The van der Waals surface area contributed by atoms with Gasteiger partial charge in [0.25, 0.3) is 0 Å². The minimum atomic E-state index is -1.17. The molecule has 0 fully saturated rings. The van der Waals surface area contributed by atoms with Gasteiger partial charge in [-0.3, -0.25) is 10.1 Å². The zero-order valence-corrected chi connectivity index (χ0v) is 11.1. The summed E-state index contributed by atoms with van der Waals surface area (Å²) in [5, 5.41) is 11.1. The highest BCUT2D eigenvalue weighted by Gasteiger charge is 2.17. The number of hydrogen-bond acceptors (Lipinski definition) is 5. The highest BCUT2D eigenvalue weighted by molar-refractivity contribution is 5.90. The molecule has 0 aliphatic carbocycles. The lowest BCUT2D eigenvalue weighted by Crippen LogP contribution is -2.39. The number of aliphatic carboxylic acids is 1. The van der Waals surface area contributed by atoms with Gasteiger partial charge in [0.15, 0.2) is 0 Å². The summed E-state index contributed by atoms with van der Waals surface area (Å²) in [5.41, 5.74) is 0.592. The number of carboxylic acid groups (broad SMARTS) is 1. The molecule has 1 aromatic heterocycles. The fraction of sp³-hybridized carbons (Fsp3) is 0.333. The molecule has 0 aliphatic heterocycles.